The Morgan fingerprint density at radius 3 is 2.75 bits per heavy atom. The fourth-order valence-electron chi connectivity index (χ4n) is 4.63. The zero-order valence-corrected chi connectivity index (χ0v) is 17.4. The predicted molar refractivity (Wildman–Crippen MR) is 126 cm³/mol. The van der Waals surface area contributed by atoms with Crippen molar-refractivity contribution in [2.45, 2.75) is 25.3 Å². The molecule has 0 bridgehead atoms. The predicted octanol–water partition coefficient (Wildman–Crippen LogP) is 3.98. The number of fused-ring (bicyclic) bond motifs is 5. The van der Waals surface area contributed by atoms with Crippen LogP contribution in [0, 0.1) is 0 Å². The molecule has 32 heavy (non-hydrogen) atoms. The Morgan fingerprint density at radius 1 is 1.16 bits per heavy atom. The Kier molecular flexibility index (Phi) is 4.15. The number of nitrogens with zero attached hydrogens (tertiary/aromatic N) is 2. The molecule has 0 aliphatic heterocycles. The van der Waals surface area contributed by atoms with Crippen LogP contribution in [-0.4, -0.2) is 27.9 Å². The van der Waals surface area contributed by atoms with Gasteiger partial charge in [-0.25, -0.2) is 0 Å². The van der Waals surface area contributed by atoms with Crippen LogP contribution in [0.4, 0.5) is 0 Å². The highest BCUT2D eigenvalue weighted by atomic mass is 16.5. The van der Waals surface area contributed by atoms with E-state index in [1.54, 1.807) is 10.6 Å². The van der Waals surface area contributed by atoms with Crippen molar-refractivity contribution in [3.8, 4) is 5.75 Å². The first-order chi connectivity index (χ1) is 15.7. The van der Waals surface area contributed by atoms with Crippen molar-refractivity contribution in [1.82, 2.24) is 14.7 Å². The number of carbonyl (C=O) groups is 1. The van der Waals surface area contributed by atoms with Gasteiger partial charge in [-0.1, -0.05) is 24.3 Å². The van der Waals surface area contributed by atoms with E-state index in [0.717, 1.165) is 51.1 Å². The van der Waals surface area contributed by atoms with Gasteiger partial charge in [0.15, 0.2) is 6.61 Å². The highest BCUT2D eigenvalue weighted by molar-refractivity contribution is 6.19. The van der Waals surface area contributed by atoms with E-state index >= 15 is 0 Å². The number of aromatic nitrogens is 2. The van der Waals surface area contributed by atoms with Crippen molar-refractivity contribution in [3.05, 3.63) is 77.2 Å². The van der Waals surface area contributed by atoms with Crippen molar-refractivity contribution in [2.24, 2.45) is 0 Å². The molecule has 0 atom stereocenters. The van der Waals surface area contributed by atoms with Crippen LogP contribution >= 0.6 is 0 Å². The summed E-state index contributed by atoms with van der Waals surface area (Å²) in [6.07, 6.45) is 6.21. The summed E-state index contributed by atoms with van der Waals surface area (Å²) in [4.78, 5) is 30.3. The maximum Gasteiger partial charge on any atom is 0.263 e. The van der Waals surface area contributed by atoms with E-state index in [0.29, 0.717) is 23.6 Å². The SMILES string of the molecule is C=CCc1c(OCC(=O)NC2CC2)ccc2c1c1ccnc3c4ccccc4c(=O)n2c13. The quantitative estimate of drug-likeness (QED) is 0.331. The molecule has 1 aliphatic rings. The standard InChI is InChI=1S/C26H21N3O3/c1-2-5-18-21(32-14-22(30)28-15-8-9-15)11-10-20-23(18)19-12-13-27-24-16-6-3-4-7-17(16)26(31)29(20)25(19)24/h2-4,6-7,10-13,15H,1,5,8-9,14H2,(H,28,30). The van der Waals surface area contributed by atoms with Crippen LogP contribution in [0.5, 0.6) is 5.75 Å². The van der Waals surface area contributed by atoms with E-state index in [2.05, 4.69) is 16.9 Å². The number of rotatable bonds is 6. The zero-order chi connectivity index (χ0) is 21.8. The number of carbonyl (C=O) groups excluding carboxylic acids is 1. The third kappa shape index (κ3) is 2.76. The lowest BCUT2D eigenvalue weighted by Gasteiger charge is -2.12. The minimum atomic E-state index is -0.116. The van der Waals surface area contributed by atoms with Crippen LogP contribution in [0.2, 0.25) is 0 Å². The molecule has 3 aromatic heterocycles. The number of amides is 1. The number of pyridine rings is 2. The van der Waals surface area contributed by atoms with Gasteiger partial charge in [-0.2, -0.15) is 0 Å². The third-order valence-electron chi connectivity index (χ3n) is 6.17. The van der Waals surface area contributed by atoms with E-state index in [-0.39, 0.29) is 18.1 Å². The Morgan fingerprint density at radius 2 is 1.97 bits per heavy atom. The van der Waals surface area contributed by atoms with Gasteiger partial charge in [0.2, 0.25) is 0 Å². The summed E-state index contributed by atoms with van der Waals surface area (Å²) < 4.78 is 7.70. The molecule has 6 heteroatoms. The van der Waals surface area contributed by atoms with Crippen molar-refractivity contribution in [2.75, 3.05) is 6.61 Å². The molecule has 0 saturated heterocycles. The smallest absolute Gasteiger partial charge is 0.263 e. The van der Waals surface area contributed by atoms with Crippen molar-refractivity contribution < 1.29 is 9.53 Å². The largest absolute Gasteiger partial charge is 0.483 e. The molecule has 1 amide bonds. The Hall–Kier alpha value is -3.93. The molecule has 0 unspecified atom stereocenters. The number of hydrogen-bond donors (Lipinski definition) is 1. The summed E-state index contributed by atoms with van der Waals surface area (Å²) in [5.74, 6) is 0.513. The van der Waals surface area contributed by atoms with Crippen molar-refractivity contribution >= 4 is 44.0 Å². The molecule has 2 aromatic carbocycles. The van der Waals surface area contributed by atoms with E-state index in [1.807, 2.05) is 48.5 Å². The molecular weight excluding hydrogens is 402 g/mol. The van der Waals surface area contributed by atoms with Gasteiger partial charge in [0.1, 0.15) is 5.75 Å². The number of nitrogens with one attached hydrogen (secondary N) is 1. The average molecular weight is 423 g/mol. The van der Waals surface area contributed by atoms with Crippen LogP contribution in [0.1, 0.15) is 18.4 Å². The summed E-state index contributed by atoms with van der Waals surface area (Å²) in [6, 6.07) is 13.5. The van der Waals surface area contributed by atoms with Crippen LogP contribution in [0.25, 0.3) is 38.1 Å². The van der Waals surface area contributed by atoms with Gasteiger partial charge in [0.05, 0.1) is 16.6 Å². The van der Waals surface area contributed by atoms with Gasteiger partial charge in [-0.3, -0.25) is 19.0 Å². The number of benzene rings is 2. The third-order valence-corrected chi connectivity index (χ3v) is 6.17. The summed E-state index contributed by atoms with van der Waals surface area (Å²) in [6.45, 7) is 3.87. The van der Waals surface area contributed by atoms with E-state index in [4.69, 9.17) is 4.74 Å². The summed E-state index contributed by atoms with van der Waals surface area (Å²) in [5.41, 5.74) is 3.25. The second-order valence-electron chi connectivity index (χ2n) is 8.30. The topological polar surface area (TPSA) is 72.7 Å². The van der Waals surface area contributed by atoms with Gasteiger partial charge in [-0.05, 0) is 43.5 Å². The number of ether oxygens (including phenoxy) is 1. The summed E-state index contributed by atoms with van der Waals surface area (Å²) >= 11 is 0. The number of allylic oxidation sites excluding steroid dienone is 1. The van der Waals surface area contributed by atoms with E-state index < -0.39 is 0 Å². The number of hydrogen-bond acceptors (Lipinski definition) is 4. The van der Waals surface area contributed by atoms with Crippen molar-refractivity contribution in [1.29, 1.82) is 0 Å². The molecule has 0 radical (unpaired) electrons. The first-order valence-electron chi connectivity index (χ1n) is 10.8. The monoisotopic (exact) mass is 423 g/mol. The molecule has 5 aromatic rings. The minimum absolute atomic E-state index is 0.0397. The van der Waals surface area contributed by atoms with Gasteiger partial charge in [0, 0.05) is 39.3 Å². The molecule has 6 rings (SSSR count). The zero-order valence-electron chi connectivity index (χ0n) is 17.4. The lowest BCUT2D eigenvalue weighted by atomic mass is 10.0. The van der Waals surface area contributed by atoms with Gasteiger partial charge >= 0.3 is 0 Å². The summed E-state index contributed by atoms with van der Waals surface area (Å²) in [7, 11) is 0. The van der Waals surface area contributed by atoms with Crippen LogP contribution in [0.15, 0.2) is 66.1 Å². The first kappa shape index (κ1) is 18.8. The van der Waals surface area contributed by atoms with Crippen molar-refractivity contribution in [3.63, 3.8) is 0 Å². The lowest BCUT2D eigenvalue weighted by molar-refractivity contribution is -0.123. The Balaban J connectivity index is 1.62. The lowest BCUT2D eigenvalue weighted by Crippen LogP contribution is -2.30. The van der Waals surface area contributed by atoms with Crippen LogP contribution < -0.4 is 15.6 Å². The Bertz CT molecular complexity index is 1600. The highest BCUT2D eigenvalue weighted by Gasteiger charge is 2.24. The highest BCUT2D eigenvalue weighted by Crippen LogP contribution is 2.38. The maximum atomic E-state index is 13.5. The van der Waals surface area contributed by atoms with Gasteiger partial charge in [-0.15, -0.1) is 6.58 Å². The Labute approximate surface area is 183 Å². The minimum Gasteiger partial charge on any atom is -0.483 e. The second kappa shape index (κ2) is 7.05. The van der Waals surface area contributed by atoms with Gasteiger partial charge < -0.3 is 10.1 Å². The first-order valence-corrected chi connectivity index (χ1v) is 10.8. The van der Waals surface area contributed by atoms with E-state index in [9.17, 15) is 9.59 Å². The maximum absolute atomic E-state index is 13.5. The van der Waals surface area contributed by atoms with Crippen LogP contribution in [-0.2, 0) is 11.2 Å². The molecule has 1 aliphatic carbocycles. The second-order valence-corrected chi connectivity index (χ2v) is 8.30. The molecule has 3 heterocycles. The normalized spacial score (nSPS) is 13.9. The molecule has 1 N–H and O–H groups in total. The van der Waals surface area contributed by atoms with Gasteiger partial charge in [0.25, 0.3) is 11.5 Å². The summed E-state index contributed by atoms with van der Waals surface area (Å²) in [5, 5.41) is 6.31. The molecule has 1 saturated carbocycles. The molecule has 1 fully saturated rings. The molecular formula is C26H21N3O3. The molecule has 0 spiro atoms. The fraction of sp³-hybridized carbons (Fsp3) is 0.192. The average Bonchev–Trinajstić information content (AvgIpc) is 3.56. The fourth-order valence-corrected chi connectivity index (χ4v) is 4.63. The molecule has 6 nitrogen and oxygen atoms in total. The molecule has 158 valence electrons. The van der Waals surface area contributed by atoms with Crippen LogP contribution in [0.3, 0.4) is 0 Å². The van der Waals surface area contributed by atoms with E-state index in [1.165, 1.54) is 0 Å².